The Labute approximate surface area is 122 Å². The van der Waals surface area contributed by atoms with Gasteiger partial charge >= 0.3 is 0 Å². The predicted octanol–water partition coefficient (Wildman–Crippen LogP) is 1.79. The molecule has 0 aliphatic rings. The summed E-state index contributed by atoms with van der Waals surface area (Å²) in [6.45, 7) is 1.88. The molecule has 0 spiro atoms. The van der Waals surface area contributed by atoms with Gasteiger partial charge in [-0.3, -0.25) is 0 Å². The maximum Gasteiger partial charge on any atom is 0.240 e. The van der Waals surface area contributed by atoms with Crippen LogP contribution >= 0.6 is 11.6 Å². The summed E-state index contributed by atoms with van der Waals surface area (Å²) in [5.74, 6) is -0.134. The van der Waals surface area contributed by atoms with E-state index in [1.165, 1.54) is 6.07 Å². The minimum Gasteiger partial charge on any atom is -0.396 e. The van der Waals surface area contributed by atoms with Gasteiger partial charge in [0.2, 0.25) is 10.0 Å². The number of hydrogen-bond acceptors (Lipinski definition) is 4. The van der Waals surface area contributed by atoms with E-state index in [-0.39, 0.29) is 24.0 Å². The molecule has 0 bridgehead atoms. The molecule has 0 aliphatic carbocycles. The first-order valence-electron chi connectivity index (χ1n) is 6.09. The number of pyridine rings is 1. The van der Waals surface area contributed by atoms with Gasteiger partial charge in [0.25, 0.3) is 0 Å². The number of fused-ring (bicyclic) bond motifs is 1. The van der Waals surface area contributed by atoms with Crippen LogP contribution in [0.3, 0.4) is 0 Å². The molecule has 7 heteroatoms. The number of halogens is 1. The Morgan fingerprint density at radius 2 is 2.10 bits per heavy atom. The normalized spacial score (nSPS) is 13.6. The lowest BCUT2D eigenvalue weighted by atomic mass is 10.2. The van der Waals surface area contributed by atoms with E-state index in [9.17, 15) is 8.42 Å². The van der Waals surface area contributed by atoms with Gasteiger partial charge in [0.1, 0.15) is 5.15 Å². The second-order valence-electron chi connectivity index (χ2n) is 4.63. The Morgan fingerprint density at radius 3 is 2.80 bits per heavy atom. The van der Waals surface area contributed by atoms with Gasteiger partial charge in [-0.25, -0.2) is 18.1 Å². The average Bonchev–Trinajstić information content (AvgIpc) is 2.44. The van der Waals surface area contributed by atoms with Crippen LogP contribution in [0.5, 0.6) is 0 Å². The van der Waals surface area contributed by atoms with Crippen molar-refractivity contribution in [2.45, 2.75) is 11.8 Å². The van der Waals surface area contributed by atoms with Crippen LogP contribution in [-0.2, 0) is 10.0 Å². The smallest absolute Gasteiger partial charge is 0.240 e. The van der Waals surface area contributed by atoms with Gasteiger partial charge in [0, 0.05) is 18.5 Å². The van der Waals surface area contributed by atoms with Crippen LogP contribution in [0, 0.1) is 5.92 Å². The van der Waals surface area contributed by atoms with E-state index in [0.29, 0.717) is 16.1 Å². The van der Waals surface area contributed by atoms with E-state index in [4.69, 9.17) is 16.7 Å². The predicted molar refractivity (Wildman–Crippen MR) is 78.2 cm³/mol. The van der Waals surface area contributed by atoms with Crippen molar-refractivity contribution in [3.63, 3.8) is 0 Å². The molecule has 0 amide bonds. The minimum absolute atomic E-state index is 0.0668. The van der Waals surface area contributed by atoms with Crippen LogP contribution in [0.15, 0.2) is 35.2 Å². The van der Waals surface area contributed by atoms with E-state index in [0.717, 1.165) is 0 Å². The largest absolute Gasteiger partial charge is 0.396 e. The van der Waals surface area contributed by atoms with Gasteiger partial charge < -0.3 is 5.11 Å². The molecule has 1 aromatic carbocycles. The first-order valence-corrected chi connectivity index (χ1v) is 7.95. The minimum atomic E-state index is -3.59. The van der Waals surface area contributed by atoms with Crippen LogP contribution in [0.2, 0.25) is 5.15 Å². The number of rotatable bonds is 5. The third-order valence-corrected chi connectivity index (χ3v) is 4.50. The molecule has 5 nitrogen and oxygen atoms in total. The monoisotopic (exact) mass is 314 g/mol. The zero-order chi connectivity index (χ0) is 14.8. The third-order valence-electron chi connectivity index (χ3n) is 2.87. The third kappa shape index (κ3) is 3.46. The maximum atomic E-state index is 12.1. The summed E-state index contributed by atoms with van der Waals surface area (Å²) < 4.78 is 26.7. The van der Waals surface area contributed by atoms with Gasteiger partial charge in [-0.15, -0.1) is 0 Å². The molecular formula is C13H15ClN2O3S. The topological polar surface area (TPSA) is 79.3 Å². The highest BCUT2D eigenvalue weighted by atomic mass is 35.5. The number of benzene rings is 1. The van der Waals surface area contributed by atoms with Gasteiger partial charge in [-0.1, -0.05) is 18.5 Å². The van der Waals surface area contributed by atoms with Gasteiger partial charge in [-0.05, 0) is 36.2 Å². The number of aliphatic hydroxyl groups excluding tert-OH is 1. The molecule has 2 N–H and O–H groups in total. The number of aliphatic hydroxyl groups is 1. The molecule has 1 atom stereocenters. The second kappa shape index (κ2) is 6.05. The highest BCUT2D eigenvalue weighted by molar-refractivity contribution is 7.89. The summed E-state index contributed by atoms with van der Waals surface area (Å²) in [5, 5.41) is 9.98. The summed E-state index contributed by atoms with van der Waals surface area (Å²) in [6, 6.07) is 7.98. The highest BCUT2D eigenvalue weighted by Crippen LogP contribution is 2.19. The molecule has 0 saturated carbocycles. The van der Waals surface area contributed by atoms with Crippen molar-refractivity contribution in [2.24, 2.45) is 5.92 Å². The van der Waals surface area contributed by atoms with Crippen molar-refractivity contribution in [2.75, 3.05) is 13.2 Å². The van der Waals surface area contributed by atoms with Gasteiger partial charge in [0.15, 0.2) is 0 Å². The van der Waals surface area contributed by atoms with E-state index in [1.54, 1.807) is 31.2 Å². The molecule has 0 fully saturated rings. The van der Waals surface area contributed by atoms with Crippen molar-refractivity contribution in [1.82, 2.24) is 9.71 Å². The lowest BCUT2D eigenvalue weighted by Gasteiger charge is -2.11. The lowest BCUT2D eigenvalue weighted by molar-refractivity contribution is 0.238. The van der Waals surface area contributed by atoms with Crippen LogP contribution in [-0.4, -0.2) is 31.7 Å². The first kappa shape index (κ1) is 15.2. The quantitative estimate of drug-likeness (QED) is 0.825. The van der Waals surface area contributed by atoms with Crippen molar-refractivity contribution in [3.05, 3.63) is 35.5 Å². The maximum absolute atomic E-state index is 12.1. The Kier molecular flexibility index (Phi) is 4.59. The standard InChI is InChI=1S/C13H15ClN2O3S/c1-9(8-17)7-15-20(18,19)11-3-4-12-10(6-11)2-5-13(14)16-12/h2-6,9,15,17H,7-8H2,1H3. The van der Waals surface area contributed by atoms with Crippen molar-refractivity contribution in [3.8, 4) is 0 Å². The number of aromatic nitrogens is 1. The summed E-state index contributed by atoms with van der Waals surface area (Å²) in [4.78, 5) is 4.27. The lowest BCUT2D eigenvalue weighted by Crippen LogP contribution is -2.29. The second-order valence-corrected chi connectivity index (χ2v) is 6.78. The fourth-order valence-electron chi connectivity index (χ4n) is 1.65. The van der Waals surface area contributed by atoms with E-state index in [1.807, 2.05) is 0 Å². The van der Waals surface area contributed by atoms with Gasteiger partial charge in [0.05, 0.1) is 10.4 Å². The summed E-state index contributed by atoms with van der Waals surface area (Å²) in [6.07, 6.45) is 0. The summed E-state index contributed by atoms with van der Waals surface area (Å²) in [7, 11) is -3.59. The molecule has 1 unspecified atom stereocenters. The number of hydrogen-bond donors (Lipinski definition) is 2. The SMILES string of the molecule is CC(CO)CNS(=O)(=O)c1ccc2nc(Cl)ccc2c1. The summed E-state index contributed by atoms with van der Waals surface area (Å²) in [5.41, 5.74) is 0.639. The molecule has 1 aromatic heterocycles. The van der Waals surface area contributed by atoms with E-state index in [2.05, 4.69) is 9.71 Å². The van der Waals surface area contributed by atoms with Crippen LogP contribution < -0.4 is 4.72 Å². The molecule has 2 rings (SSSR count). The molecule has 0 aliphatic heterocycles. The van der Waals surface area contributed by atoms with Gasteiger partial charge in [-0.2, -0.15) is 0 Å². The Hall–Kier alpha value is -1.21. The van der Waals surface area contributed by atoms with E-state index >= 15 is 0 Å². The highest BCUT2D eigenvalue weighted by Gasteiger charge is 2.15. The molecule has 0 radical (unpaired) electrons. The Bertz CT molecular complexity index is 719. The zero-order valence-corrected chi connectivity index (χ0v) is 12.4. The van der Waals surface area contributed by atoms with Crippen LogP contribution in [0.4, 0.5) is 0 Å². The van der Waals surface area contributed by atoms with Crippen molar-refractivity contribution in [1.29, 1.82) is 0 Å². The molecular weight excluding hydrogens is 300 g/mol. The zero-order valence-electron chi connectivity index (χ0n) is 10.9. The average molecular weight is 315 g/mol. The Balaban J connectivity index is 2.30. The molecule has 1 heterocycles. The van der Waals surface area contributed by atoms with Crippen molar-refractivity contribution >= 4 is 32.5 Å². The van der Waals surface area contributed by atoms with E-state index < -0.39 is 10.0 Å². The molecule has 20 heavy (non-hydrogen) atoms. The Morgan fingerprint density at radius 1 is 1.35 bits per heavy atom. The van der Waals surface area contributed by atoms with Crippen molar-refractivity contribution < 1.29 is 13.5 Å². The summed E-state index contributed by atoms with van der Waals surface area (Å²) >= 11 is 5.78. The number of nitrogens with one attached hydrogen (secondary N) is 1. The number of sulfonamides is 1. The molecule has 0 saturated heterocycles. The first-order chi connectivity index (χ1) is 9.42. The van der Waals surface area contributed by atoms with Crippen LogP contribution in [0.1, 0.15) is 6.92 Å². The fraction of sp³-hybridized carbons (Fsp3) is 0.308. The molecule has 2 aromatic rings. The number of nitrogens with zero attached hydrogens (tertiary/aromatic N) is 1. The fourth-order valence-corrected chi connectivity index (χ4v) is 3.00. The molecule has 108 valence electrons. The van der Waals surface area contributed by atoms with Crippen LogP contribution in [0.25, 0.3) is 10.9 Å².